The average molecular weight is 144 g/mol. The summed E-state index contributed by atoms with van der Waals surface area (Å²) in [4.78, 5) is 0. The van der Waals surface area contributed by atoms with Crippen molar-refractivity contribution >= 4 is 0 Å². The number of hydrogen-bond donors (Lipinski definition) is 1. The second-order valence-electron chi connectivity index (χ2n) is 2.82. The molecular weight excluding hydrogens is 128 g/mol. The van der Waals surface area contributed by atoms with Crippen molar-refractivity contribution in [2.75, 3.05) is 6.61 Å². The molecular formula is C8H16O2. The van der Waals surface area contributed by atoms with Gasteiger partial charge in [-0.05, 0) is 12.8 Å². The Morgan fingerprint density at radius 2 is 2.10 bits per heavy atom. The molecule has 0 aliphatic carbocycles. The van der Waals surface area contributed by atoms with Crippen LogP contribution < -0.4 is 0 Å². The molecule has 0 saturated heterocycles. The van der Waals surface area contributed by atoms with Crippen molar-refractivity contribution in [2.24, 2.45) is 5.92 Å². The molecule has 2 heteroatoms. The molecule has 10 heavy (non-hydrogen) atoms. The minimum absolute atomic E-state index is 0.249. The lowest BCUT2D eigenvalue weighted by molar-refractivity contribution is 0.0422. The second-order valence-corrected chi connectivity index (χ2v) is 2.82. The summed E-state index contributed by atoms with van der Waals surface area (Å²) in [6.45, 7) is 9.58. The van der Waals surface area contributed by atoms with Crippen LogP contribution in [0.25, 0.3) is 0 Å². The molecule has 0 rings (SSSR count). The van der Waals surface area contributed by atoms with Gasteiger partial charge in [-0.15, -0.1) is 0 Å². The van der Waals surface area contributed by atoms with Gasteiger partial charge < -0.3 is 9.84 Å². The number of allylic oxidation sites excluding steroid dienone is 1. The highest BCUT2D eigenvalue weighted by atomic mass is 16.5. The molecule has 2 nitrogen and oxygen atoms in total. The highest BCUT2D eigenvalue weighted by Crippen LogP contribution is 2.02. The van der Waals surface area contributed by atoms with Crippen molar-refractivity contribution in [2.45, 2.75) is 26.9 Å². The van der Waals surface area contributed by atoms with Gasteiger partial charge in [0.2, 0.25) is 0 Å². The summed E-state index contributed by atoms with van der Waals surface area (Å²) in [5, 5.41) is 9.21. The van der Waals surface area contributed by atoms with Crippen LogP contribution in [0.3, 0.4) is 0 Å². The number of aliphatic hydroxyl groups excluding tert-OH is 1. The van der Waals surface area contributed by atoms with Crippen molar-refractivity contribution in [3.8, 4) is 0 Å². The Labute approximate surface area is 62.5 Å². The molecule has 1 N–H and O–H groups in total. The quantitative estimate of drug-likeness (QED) is 0.607. The Kier molecular flexibility index (Phi) is 4.12. The van der Waals surface area contributed by atoms with Crippen LogP contribution >= 0.6 is 0 Å². The lowest BCUT2D eigenvalue weighted by atomic mass is 10.1. The van der Waals surface area contributed by atoms with Gasteiger partial charge in [0.25, 0.3) is 0 Å². The molecule has 1 unspecified atom stereocenters. The summed E-state index contributed by atoms with van der Waals surface area (Å²) < 4.78 is 5.02. The maximum absolute atomic E-state index is 9.21. The standard InChI is InChI=1S/C8H16O2/c1-6(2)8(9)5-10-7(3)4/h6,8-9H,3,5H2,1-2,4H3. The van der Waals surface area contributed by atoms with Crippen molar-refractivity contribution < 1.29 is 9.84 Å². The zero-order valence-corrected chi connectivity index (χ0v) is 6.92. The van der Waals surface area contributed by atoms with Gasteiger partial charge in [0.05, 0.1) is 11.9 Å². The predicted molar refractivity (Wildman–Crippen MR) is 41.6 cm³/mol. The molecule has 0 heterocycles. The SMILES string of the molecule is C=C(C)OCC(O)C(C)C. The van der Waals surface area contributed by atoms with Crippen molar-refractivity contribution in [1.82, 2.24) is 0 Å². The van der Waals surface area contributed by atoms with E-state index < -0.39 is 0 Å². The summed E-state index contributed by atoms with van der Waals surface area (Å²) in [7, 11) is 0. The van der Waals surface area contributed by atoms with Crippen LogP contribution in [0.1, 0.15) is 20.8 Å². The van der Waals surface area contributed by atoms with Gasteiger partial charge in [-0.1, -0.05) is 20.4 Å². The lowest BCUT2D eigenvalue weighted by Gasteiger charge is -2.14. The zero-order chi connectivity index (χ0) is 8.15. The van der Waals surface area contributed by atoms with E-state index in [0.29, 0.717) is 12.4 Å². The molecule has 0 radical (unpaired) electrons. The lowest BCUT2D eigenvalue weighted by Crippen LogP contribution is -2.20. The third-order valence-electron chi connectivity index (χ3n) is 1.27. The smallest absolute Gasteiger partial charge is 0.114 e. The van der Waals surface area contributed by atoms with Crippen molar-refractivity contribution in [3.05, 3.63) is 12.3 Å². The minimum atomic E-state index is -0.378. The summed E-state index contributed by atoms with van der Waals surface area (Å²) in [5.41, 5.74) is 0. The first kappa shape index (κ1) is 9.50. The first-order valence-corrected chi connectivity index (χ1v) is 3.50. The van der Waals surface area contributed by atoms with E-state index >= 15 is 0 Å². The Bertz CT molecular complexity index is 108. The van der Waals surface area contributed by atoms with Gasteiger partial charge in [0.1, 0.15) is 6.61 Å². The monoisotopic (exact) mass is 144 g/mol. The van der Waals surface area contributed by atoms with Gasteiger partial charge >= 0.3 is 0 Å². The van der Waals surface area contributed by atoms with Crippen molar-refractivity contribution in [3.63, 3.8) is 0 Å². The normalized spacial score (nSPS) is 13.3. The van der Waals surface area contributed by atoms with Crippen LogP contribution in [0, 0.1) is 5.92 Å². The van der Waals surface area contributed by atoms with E-state index in [4.69, 9.17) is 4.74 Å². The van der Waals surface area contributed by atoms with Crippen LogP contribution in [0.4, 0.5) is 0 Å². The highest BCUT2D eigenvalue weighted by Gasteiger charge is 2.08. The maximum atomic E-state index is 9.21. The molecule has 60 valence electrons. The van der Waals surface area contributed by atoms with Crippen LogP contribution in [0.15, 0.2) is 12.3 Å². The third-order valence-corrected chi connectivity index (χ3v) is 1.27. The van der Waals surface area contributed by atoms with Gasteiger partial charge in [-0.25, -0.2) is 0 Å². The predicted octanol–water partition coefficient (Wildman–Crippen LogP) is 1.55. The summed E-state index contributed by atoms with van der Waals surface area (Å²) >= 11 is 0. The Morgan fingerprint density at radius 3 is 2.40 bits per heavy atom. The Morgan fingerprint density at radius 1 is 1.60 bits per heavy atom. The number of rotatable bonds is 4. The van der Waals surface area contributed by atoms with Crippen LogP contribution in [0.2, 0.25) is 0 Å². The Balaban J connectivity index is 3.39. The van der Waals surface area contributed by atoms with E-state index in [2.05, 4.69) is 6.58 Å². The fraction of sp³-hybridized carbons (Fsp3) is 0.750. The summed E-state index contributed by atoms with van der Waals surface area (Å²) in [6.07, 6.45) is -0.378. The molecule has 0 aliphatic rings. The molecule has 0 aliphatic heterocycles. The number of hydrogen-bond acceptors (Lipinski definition) is 2. The van der Waals surface area contributed by atoms with E-state index in [0.717, 1.165) is 0 Å². The van der Waals surface area contributed by atoms with Gasteiger partial charge in [-0.3, -0.25) is 0 Å². The fourth-order valence-corrected chi connectivity index (χ4v) is 0.420. The fourth-order valence-electron chi connectivity index (χ4n) is 0.420. The van der Waals surface area contributed by atoms with Crippen LogP contribution in [-0.2, 0) is 4.74 Å². The van der Waals surface area contributed by atoms with E-state index in [1.54, 1.807) is 6.92 Å². The topological polar surface area (TPSA) is 29.5 Å². The molecule has 0 aromatic rings. The van der Waals surface area contributed by atoms with Crippen LogP contribution in [0.5, 0.6) is 0 Å². The summed E-state index contributed by atoms with van der Waals surface area (Å²) in [5.74, 6) is 0.902. The van der Waals surface area contributed by atoms with E-state index in [1.807, 2.05) is 13.8 Å². The first-order chi connectivity index (χ1) is 4.54. The number of aliphatic hydroxyl groups is 1. The van der Waals surface area contributed by atoms with E-state index in [-0.39, 0.29) is 12.0 Å². The van der Waals surface area contributed by atoms with E-state index in [9.17, 15) is 5.11 Å². The molecule has 0 saturated carbocycles. The second kappa shape index (κ2) is 4.34. The first-order valence-electron chi connectivity index (χ1n) is 3.50. The highest BCUT2D eigenvalue weighted by molar-refractivity contribution is 4.74. The largest absolute Gasteiger partial charge is 0.496 e. The molecule has 0 fully saturated rings. The van der Waals surface area contributed by atoms with Crippen LogP contribution in [-0.4, -0.2) is 17.8 Å². The third kappa shape index (κ3) is 4.39. The van der Waals surface area contributed by atoms with E-state index in [1.165, 1.54) is 0 Å². The Hall–Kier alpha value is -0.500. The number of ether oxygens (including phenoxy) is 1. The molecule has 0 bridgehead atoms. The molecule has 0 amide bonds. The van der Waals surface area contributed by atoms with Gasteiger partial charge in [0.15, 0.2) is 0 Å². The molecule has 0 aromatic heterocycles. The average Bonchev–Trinajstić information content (AvgIpc) is 1.82. The zero-order valence-electron chi connectivity index (χ0n) is 6.92. The molecule has 0 spiro atoms. The van der Waals surface area contributed by atoms with Gasteiger partial charge in [-0.2, -0.15) is 0 Å². The summed E-state index contributed by atoms with van der Waals surface area (Å²) in [6, 6.07) is 0. The molecule has 1 atom stereocenters. The molecule has 0 aromatic carbocycles. The van der Waals surface area contributed by atoms with Gasteiger partial charge in [0, 0.05) is 0 Å². The van der Waals surface area contributed by atoms with Crippen molar-refractivity contribution in [1.29, 1.82) is 0 Å². The minimum Gasteiger partial charge on any atom is -0.496 e. The maximum Gasteiger partial charge on any atom is 0.114 e.